The quantitative estimate of drug-likeness (QED) is 0.841. The molecule has 0 aliphatic rings. The molecule has 0 aliphatic heterocycles. The Morgan fingerprint density at radius 1 is 1.15 bits per heavy atom. The van der Waals surface area contributed by atoms with Crippen molar-refractivity contribution in [2.45, 2.75) is 39.2 Å². The fraction of sp³-hybridized carbons (Fsp3) is 0.375. The van der Waals surface area contributed by atoms with Crippen LogP contribution in [0.2, 0.25) is 5.02 Å². The second-order valence-corrected chi connectivity index (χ2v) is 5.13. The molecule has 20 heavy (non-hydrogen) atoms. The van der Waals surface area contributed by atoms with Gasteiger partial charge in [0.25, 0.3) is 0 Å². The van der Waals surface area contributed by atoms with E-state index < -0.39 is 0 Å². The van der Waals surface area contributed by atoms with Crippen molar-refractivity contribution in [3.8, 4) is 0 Å². The molecule has 1 heterocycles. The highest BCUT2D eigenvalue weighted by Crippen LogP contribution is 2.28. The molecule has 1 unspecified atom stereocenters. The normalized spacial score (nSPS) is 12.2. The summed E-state index contributed by atoms with van der Waals surface area (Å²) in [4.78, 5) is 8.53. The number of aryl methyl sites for hydroxylation is 1. The van der Waals surface area contributed by atoms with Crippen LogP contribution in [0.5, 0.6) is 0 Å². The summed E-state index contributed by atoms with van der Waals surface area (Å²) < 4.78 is 0. The topological polar surface area (TPSA) is 37.8 Å². The number of anilines is 1. The zero-order chi connectivity index (χ0) is 14.4. The number of benzene rings is 1. The van der Waals surface area contributed by atoms with E-state index in [1.54, 1.807) is 6.33 Å². The summed E-state index contributed by atoms with van der Waals surface area (Å²) in [6.45, 7) is 4.26. The van der Waals surface area contributed by atoms with Crippen LogP contribution in [0.4, 0.5) is 5.82 Å². The first-order valence-corrected chi connectivity index (χ1v) is 7.44. The van der Waals surface area contributed by atoms with Crippen LogP contribution in [0.25, 0.3) is 0 Å². The second-order valence-electron chi connectivity index (χ2n) is 4.75. The molecule has 0 radical (unpaired) electrons. The lowest BCUT2D eigenvalue weighted by atomic mass is 10.0. The molecular weight excluding hydrogens is 270 g/mol. The van der Waals surface area contributed by atoms with E-state index in [9.17, 15) is 0 Å². The first-order valence-electron chi connectivity index (χ1n) is 7.07. The highest BCUT2D eigenvalue weighted by atomic mass is 35.5. The average molecular weight is 290 g/mol. The molecule has 1 atom stereocenters. The highest BCUT2D eigenvalue weighted by molar-refractivity contribution is 6.33. The Labute approximate surface area is 125 Å². The van der Waals surface area contributed by atoms with E-state index in [0.29, 0.717) is 5.02 Å². The Bertz CT molecular complexity index is 543. The standard InChI is InChI=1S/C16H20ClN3/c1-3-8-14-15(17)16(19-11-18-14)20-13(4-2)12-9-6-5-7-10-12/h5-7,9-11,13H,3-4,8H2,1-2H3,(H,18,19,20). The Morgan fingerprint density at radius 2 is 1.90 bits per heavy atom. The molecule has 0 saturated heterocycles. The predicted molar refractivity (Wildman–Crippen MR) is 84.1 cm³/mol. The number of rotatable bonds is 6. The maximum atomic E-state index is 6.39. The van der Waals surface area contributed by atoms with Gasteiger partial charge in [-0.05, 0) is 18.4 Å². The minimum Gasteiger partial charge on any atom is -0.362 e. The van der Waals surface area contributed by atoms with E-state index in [-0.39, 0.29) is 6.04 Å². The van der Waals surface area contributed by atoms with Crippen LogP contribution in [-0.4, -0.2) is 9.97 Å². The number of hydrogen-bond donors (Lipinski definition) is 1. The summed E-state index contributed by atoms with van der Waals surface area (Å²) in [6, 6.07) is 10.5. The third kappa shape index (κ3) is 3.48. The van der Waals surface area contributed by atoms with Crippen LogP contribution in [0.15, 0.2) is 36.7 Å². The van der Waals surface area contributed by atoms with Crippen LogP contribution in [0, 0.1) is 0 Å². The third-order valence-electron chi connectivity index (χ3n) is 3.27. The van der Waals surface area contributed by atoms with Crippen molar-refractivity contribution < 1.29 is 0 Å². The summed E-state index contributed by atoms with van der Waals surface area (Å²) in [5.41, 5.74) is 2.15. The summed E-state index contributed by atoms with van der Waals surface area (Å²) in [5, 5.41) is 4.07. The van der Waals surface area contributed by atoms with Crippen molar-refractivity contribution in [1.29, 1.82) is 0 Å². The lowest BCUT2D eigenvalue weighted by Gasteiger charge is -2.19. The summed E-state index contributed by atoms with van der Waals surface area (Å²) in [6.07, 6.45) is 4.44. The number of nitrogens with zero attached hydrogens (tertiary/aromatic N) is 2. The second kappa shape index (κ2) is 7.25. The van der Waals surface area contributed by atoms with E-state index >= 15 is 0 Å². The minimum atomic E-state index is 0.207. The summed E-state index contributed by atoms with van der Waals surface area (Å²) >= 11 is 6.39. The molecule has 4 heteroatoms. The van der Waals surface area contributed by atoms with Crippen molar-refractivity contribution >= 4 is 17.4 Å². The van der Waals surface area contributed by atoms with E-state index in [1.165, 1.54) is 5.56 Å². The fourth-order valence-corrected chi connectivity index (χ4v) is 2.44. The van der Waals surface area contributed by atoms with Gasteiger partial charge in [0.15, 0.2) is 0 Å². The summed E-state index contributed by atoms with van der Waals surface area (Å²) in [5.74, 6) is 0.723. The number of hydrogen-bond acceptors (Lipinski definition) is 3. The molecule has 1 aromatic carbocycles. The highest BCUT2D eigenvalue weighted by Gasteiger charge is 2.14. The number of halogens is 1. The van der Waals surface area contributed by atoms with Crippen molar-refractivity contribution in [2.24, 2.45) is 0 Å². The molecule has 0 amide bonds. The Kier molecular flexibility index (Phi) is 5.36. The van der Waals surface area contributed by atoms with Gasteiger partial charge in [-0.15, -0.1) is 0 Å². The number of nitrogens with one attached hydrogen (secondary N) is 1. The van der Waals surface area contributed by atoms with Gasteiger partial charge in [-0.2, -0.15) is 0 Å². The minimum absolute atomic E-state index is 0.207. The van der Waals surface area contributed by atoms with Gasteiger partial charge in [-0.3, -0.25) is 0 Å². The van der Waals surface area contributed by atoms with Crippen molar-refractivity contribution in [3.05, 3.63) is 52.9 Å². The first kappa shape index (κ1) is 14.8. The smallest absolute Gasteiger partial charge is 0.149 e. The van der Waals surface area contributed by atoms with E-state index in [4.69, 9.17) is 11.6 Å². The molecular formula is C16H20ClN3. The van der Waals surface area contributed by atoms with Crippen LogP contribution in [-0.2, 0) is 6.42 Å². The molecule has 1 aromatic heterocycles. The van der Waals surface area contributed by atoms with Crippen molar-refractivity contribution in [2.75, 3.05) is 5.32 Å². The first-order chi connectivity index (χ1) is 9.76. The monoisotopic (exact) mass is 289 g/mol. The maximum absolute atomic E-state index is 6.39. The fourth-order valence-electron chi connectivity index (χ4n) is 2.19. The largest absolute Gasteiger partial charge is 0.362 e. The van der Waals surface area contributed by atoms with Crippen molar-refractivity contribution in [3.63, 3.8) is 0 Å². The van der Waals surface area contributed by atoms with Crippen LogP contribution < -0.4 is 5.32 Å². The Hall–Kier alpha value is -1.61. The molecule has 0 spiro atoms. The van der Waals surface area contributed by atoms with Gasteiger partial charge in [-0.1, -0.05) is 62.2 Å². The van der Waals surface area contributed by atoms with Gasteiger partial charge in [-0.25, -0.2) is 9.97 Å². The van der Waals surface area contributed by atoms with Crippen LogP contribution in [0.1, 0.15) is 44.0 Å². The molecule has 0 aliphatic carbocycles. The lowest BCUT2D eigenvalue weighted by Crippen LogP contribution is -2.12. The molecule has 2 aromatic rings. The zero-order valence-electron chi connectivity index (χ0n) is 11.9. The average Bonchev–Trinajstić information content (AvgIpc) is 2.49. The van der Waals surface area contributed by atoms with Gasteiger partial charge < -0.3 is 5.32 Å². The molecule has 2 rings (SSSR count). The van der Waals surface area contributed by atoms with Crippen LogP contribution in [0.3, 0.4) is 0 Å². The molecule has 0 saturated carbocycles. The van der Waals surface area contributed by atoms with Gasteiger partial charge in [0, 0.05) is 0 Å². The molecule has 3 nitrogen and oxygen atoms in total. The third-order valence-corrected chi connectivity index (χ3v) is 3.67. The van der Waals surface area contributed by atoms with Crippen molar-refractivity contribution in [1.82, 2.24) is 9.97 Å². The molecule has 0 fully saturated rings. The van der Waals surface area contributed by atoms with Gasteiger partial charge in [0.05, 0.1) is 11.7 Å². The maximum Gasteiger partial charge on any atom is 0.149 e. The zero-order valence-corrected chi connectivity index (χ0v) is 12.7. The van der Waals surface area contributed by atoms with Gasteiger partial charge in [0.1, 0.15) is 17.2 Å². The van der Waals surface area contributed by atoms with Gasteiger partial charge in [0.2, 0.25) is 0 Å². The molecule has 106 valence electrons. The van der Waals surface area contributed by atoms with E-state index in [0.717, 1.165) is 30.8 Å². The van der Waals surface area contributed by atoms with E-state index in [1.807, 2.05) is 18.2 Å². The SMILES string of the molecule is CCCc1ncnc(NC(CC)c2ccccc2)c1Cl. The number of aromatic nitrogens is 2. The lowest BCUT2D eigenvalue weighted by molar-refractivity contribution is 0.742. The molecule has 1 N–H and O–H groups in total. The molecule has 0 bridgehead atoms. The Morgan fingerprint density at radius 3 is 2.55 bits per heavy atom. The summed E-state index contributed by atoms with van der Waals surface area (Å²) in [7, 11) is 0. The van der Waals surface area contributed by atoms with Crippen LogP contribution >= 0.6 is 11.6 Å². The predicted octanol–water partition coefficient (Wildman–Crippen LogP) is 4.65. The Balaban J connectivity index is 2.22. The van der Waals surface area contributed by atoms with Gasteiger partial charge >= 0.3 is 0 Å². The van der Waals surface area contributed by atoms with E-state index in [2.05, 4.69) is 41.3 Å².